The maximum atomic E-state index is 12.5. The summed E-state index contributed by atoms with van der Waals surface area (Å²) in [4.78, 5) is 4.11. The lowest BCUT2D eigenvalue weighted by molar-refractivity contribution is 0.0957. The molecule has 0 spiro atoms. The Bertz CT molecular complexity index is 623. The van der Waals surface area contributed by atoms with Gasteiger partial charge in [-0.25, -0.2) is 18.1 Å². The van der Waals surface area contributed by atoms with Gasteiger partial charge in [0.2, 0.25) is 10.0 Å². The number of aromatic nitrogens is 1. The molecule has 1 aromatic rings. The Balaban J connectivity index is 2.26. The van der Waals surface area contributed by atoms with Crippen molar-refractivity contribution in [1.82, 2.24) is 9.71 Å². The average molecular weight is 334 g/mol. The number of nitrogens with zero attached hydrogens (tertiary/aromatic N) is 1. The minimum absolute atomic E-state index is 0.0504. The molecule has 0 aromatic carbocycles. The largest absolute Gasteiger partial charge is 0.376 e. The Kier molecular flexibility index (Phi) is 4.77. The van der Waals surface area contributed by atoms with E-state index in [1.165, 1.54) is 12.3 Å². The molecule has 8 heteroatoms. The first-order chi connectivity index (χ1) is 9.78. The van der Waals surface area contributed by atoms with Crippen molar-refractivity contribution in [3.8, 4) is 0 Å². The summed E-state index contributed by atoms with van der Waals surface area (Å²) in [6.45, 7) is 6.80. The van der Waals surface area contributed by atoms with Gasteiger partial charge in [0.05, 0.1) is 16.7 Å². The summed E-state index contributed by atoms with van der Waals surface area (Å²) in [7, 11) is -3.69. The maximum absolute atomic E-state index is 12.5. The number of ether oxygens (including phenoxy) is 1. The van der Waals surface area contributed by atoms with Crippen molar-refractivity contribution in [2.24, 2.45) is 0 Å². The van der Waals surface area contributed by atoms with E-state index in [1.807, 2.05) is 20.8 Å². The first-order valence-corrected chi connectivity index (χ1v) is 8.69. The molecule has 0 saturated carbocycles. The molecule has 1 aromatic heterocycles. The zero-order chi connectivity index (χ0) is 15.7. The molecular formula is C13H20ClN3O3S. The molecule has 2 heterocycles. The molecule has 1 aliphatic rings. The number of anilines is 1. The van der Waals surface area contributed by atoms with E-state index >= 15 is 0 Å². The van der Waals surface area contributed by atoms with Gasteiger partial charge in [0.15, 0.2) is 0 Å². The van der Waals surface area contributed by atoms with Gasteiger partial charge >= 0.3 is 0 Å². The third-order valence-corrected chi connectivity index (χ3v) is 5.59. The van der Waals surface area contributed by atoms with Crippen molar-refractivity contribution in [3.05, 3.63) is 17.3 Å². The van der Waals surface area contributed by atoms with Crippen LogP contribution in [-0.4, -0.2) is 38.2 Å². The van der Waals surface area contributed by atoms with Crippen LogP contribution in [0.15, 0.2) is 17.2 Å². The number of hydrogen-bond donors (Lipinski definition) is 2. The van der Waals surface area contributed by atoms with Gasteiger partial charge in [-0.1, -0.05) is 11.6 Å². The van der Waals surface area contributed by atoms with E-state index in [0.29, 0.717) is 25.4 Å². The third kappa shape index (κ3) is 3.48. The molecule has 2 atom stereocenters. The van der Waals surface area contributed by atoms with Crippen LogP contribution in [-0.2, 0) is 14.8 Å². The Labute approximate surface area is 130 Å². The van der Waals surface area contributed by atoms with Crippen molar-refractivity contribution in [1.29, 1.82) is 0 Å². The Morgan fingerprint density at radius 3 is 2.81 bits per heavy atom. The second-order valence-electron chi connectivity index (χ2n) is 5.32. The fraction of sp³-hybridized carbons (Fsp3) is 0.615. The summed E-state index contributed by atoms with van der Waals surface area (Å²) >= 11 is 6.05. The normalized spacial score (nSPS) is 26.0. The first-order valence-electron chi connectivity index (χ1n) is 6.83. The van der Waals surface area contributed by atoms with E-state index in [9.17, 15) is 8.42 Å². The number of hydrogen-bond acceptors (Lipinski definition) is 5. The van der Waals surface area contributed by atoms with E-state index in [1.54, 1.807) is 0 Å². The van der Waals surface area contributed by atoms with Gasteiger partial charge < -0.3 is 10.1 Å². The van der Waals surface area contributed by atoms with Crippen LogP contribution in [0.2, 0.25) is 5.02 Å². The number of pyridine rings is 1. The molecular weight excluding hydrogens is 314 g/mol. The van der Waals surface area contributed by atoms with Gasteiger partial charge in [-0.15, -0.1) is 0 Å². The number of sulfonamides is 1. The van der Waals surface area contributed by atoms with E-state index in [4.69, 9.17) is 16.3 Å². The van der Waals surface area contributed by atoms with Crippen LogP contribution in [0, 0.1) is 0 Å². The van der Waals surface area contributed by atoms with Crippen LogP contribution in [0.4, 0.5) is 5.82 Å². The minimum atomic E-state index is -3.69. The summed E-state index contributed by atoms with van der Waals surface area (Å²) in [5, 5.41) is 3.24. The highest BCUT2D eigenvalue weighted by Crippen LogP contribution is 2.28. The molecule has 0 radical (unpaired) electrons. The van der Waals surface area contributed by atoms with Gasteiger partial charge in [0.1, 0.15) is 10.7 Å². The minimum Gasteiger partial charge on any atom is -0.376 e. The predicted molar refractivity (Wildman–Crippen MR) is 82.2 cm³/mol. The quantitative estimate of drug-likeness (QED) is 0.861. The SMILES string of the molecule is CCNc1ncc(S(=O)(=O)NC2(C)CCOC2C)cc1Cl. The summed E-state index contributed by atoms with van der Waals surface area (Å²) in [6, 6.07) is 1.40. The Morgan fingerprint density at radius 2 is 2.29 bits per heavy atom. The summed E-state index contributed by atoms with van der Waals surface area (Å²) < 4.78 is 33.1. The standard InChI is InChI=1S/C13H20ClN3O3S/c1-4-15-12-11(14)7-10(8-16-12)21(18,19)17-13(3)5-6-20-9(13)2/h7-9,17H,4-6H2,1-3H3,(H,15,16). The summed E-state index contributed by atoms with van der Waals surface area (Å²) in [5.41, 5.74) is -0.619. The molecule has 0 amide bonds. The molecule has 6 nitrogen and oxygen atoms in total. The van der Waals surface area contributed by atoms with Crippen molar-refractivity contribution in [3.63, 3.8) is 0 Å². The number of halogens is 1. The van der Waals surface area contributed by atoms with Gasteiger partial charge in [-0.05, 0) is 33.3 Å². The molecule has 1 aliphatic heterocycles. The predicted octanol–water partition coefficient (Wildman–Crippen LogP) is 2.01. The van der Waals surface area contributed by atoms with Gasteiger partial charge in [0.25, 0.3) is 0 Å². The van der Waals surface area contributed by atoms with Crippen molar-refractivity contribution in [2.75, 3.05) is 18.5 Å². The highest BCUT2D eigenvalue weighted by atomic mass is 35.5. The smallest absolute Gasteiger partial charge is 0.242 e. The second kappa shape index (κ2) is 6.08. The zero-order valence-electron chi connectivity index (χ0n) is 12.3. The monoisotopic (exact) mass is 333 g/mol. The zero-order valence-corrected chi connectivity index (χ0v) is 13.9. The van der Waals surface area contributed by atoms with Crippen LogP contribution >= 0.6 is 11.6 Å². The molecule has 118 valence electrons. The molecule has 1 fully saturated rings. The molecule has 0 aliphatic carbocycles. The lowest BCUT2D eigenvalue weighted by Gasteiger charge is -2.28. The molecule has 2 N–H and O–H groups in total. The fourth-order valence-corrected chi connectivity index (χ4v) is 3.96. The summed E-state index contributed by atoms with van der Waals surface area (Å²) in [5.74, 6) is 0.474. The van der Waals surface area contributed by atoms with E-state index in [2.05, 4.69) is 15.0 Å². The van der Waals surface area contributed by atoms with E-state index < -0.39 is 15.6 Å². The highest BCUT2D eigenvalue weighted by molar-refractivity contribution is 7.89. The highest BCUT2D eigenvalue weighted by Gasteiger charge is 2.40. The lowest BCUT2D eigenvalue weighted by atomic mass is 9.97. The van der Waals surface area contributed by atoms with Crippen LogP contribution in [0.3, 0.4) is 0 Å². The molecule has 1 saturated heterocycles. The van der Waals surface area contributed by atoms with Gasteiger partial charge in [-0.2, -0.15) is 0 Å². The molecule has 2 unspecified atom stereocenters. The topological polar surface area (TPSA) is 80.3 Å². The third-order valence-electron chi connectivity index (χ3n) is 3.72. The van der Waals surface area contributed by atoms with E-state index in [0.717, 1.165) is 0 Å². The molecule has 21 heavy (non-hydrogen) atoms. The second-order valence-corrected chi connectivity index (χ2v) is 7.41. The van der Waals surface area contributed by atoms with E-state index in [-0.39, 0.29) is 16.0 Å². The number of rotatable bonds is 5. The van der Waals surface area contributed by atoms with Crippen molar-refractivity contribution >= 4 is 27.4 Å². The first kappa shape index (κ1) is 16.5. The molecule has 0 bridgehead atoms. The Morgan fingerprint density at radius 1 is 1.57 bits per heavy atom. The maximum Gasteiger partial charge on any atom is 0.242 e. The van der Waals surface area contributed by atoms with Crippen molar-refractivity contribution < 1.29 is 13.2 Å². The van der Waals surface area contributed by atoms with Crippen LogP contribution < -0.4 is 10.0 Å². The van der Waals surface area contributed by atoms with Crippen LogP contribution in [0.25, 0.3) is 0 Å². The van der Waals surface area contributed by atoms with Crippen molar-refractivity contribution in [2.45, 2.75) is 43.7 Å². The lowest BCUT2D eigenvalue weighted by Crippen LogP contribution is -2.50. The summed E-state index contributed by atoms with van der Waals surface area (Å²) in [6.07, 6.45) is 1.75. The van der Waals surface area contributed by atoms with Crippen LogP contribution in [0.5, 0.6) is 0 Å². The number of nitrogens with one attached hydrogen (secondary N) is 2. The Hall–Kier alpha value is -0.890. The van der Waals surface area contributed by atoms with Gasteiger partial charge in [-0.3, -0.25) is 0 Å². The van der Waals surface area contributed by atoms with Crippen LogP contribution in [0.1, 0.15) is 27.2 Å². The fourth-order valence-electron chi connectivity index (χ4n) is 2.20. The average Bonchev–Trinajstić information content (AvgIpc) is 2.71. The van der Waals surface area contributed by atoms with Gasteiger partial charge in [0, 0.05) is 19.3 Å². The molecule has 2 rings (SSSR count).